The van der Waals surface area contributed by atoms with Crippen LogP contribution >= 0.6 is 0 Å². The maximum absolute atomic E-state index is 13.2. The lowest BCUT2D eigenvalue weighted by molar-refractivity contribution is -0.116. The molecule has 3 N–H and O–H groups in total. The molecule has 94 valence electrons. The zero-order chi connectivity index (χ0) is 13.1. The number of hydrogen-bond donors (Lipinski definition) is 2. The van der Waals surface area contributed by atoms with Crippen molar-refractivity contribution in [2.75, 3.05) is 5.32 Å². The van der Waals surface area contributed by atoms with Crippen molar-refractivity contribution in [3.05, 3.63) is 29.8 Å². The van der Waals surface area contributed by atoms with E-state index in [9.17, 15) is 13.6 Å². The van der Waals surface area contributed by atoms with Gasteiger partial charge >= 0.3 is 0 Å². The molecule has 1 aromatic rings. The Morgan fingerprint density at radius 3 is 2.59 bits per heavy atom. The number of nitrogens with two attached hydrogens (primary N) is 1. The Kier molecular flexibility index (Phi) is 4.17. The molecule has 0 aromatic heterocycles. The van der Waals surface area contributed by atoms with Crippen molar-refractivity contribution in [2.24, 2.45) is 5.73 Å². The molecule has 1 aromatic carbocycles. The second kappa shape index (κ2) is 5.23. The van der Waals surface area contributed by atoms with Crippen molar-refractivity contribution in [3.8, 4) is 0 Å². The van der Waals surface area contributed by atoms with Gasteiger partial charge in [0, 0.05) is 18.0 Å². The van der Waals surface area contributed by atoms with E-state index in [1.54, 1.807) is 13.8 Å². The Morgan fingerprint density at radius 2 is 2.06 bits per heavy atom. The molecule has 0 aliphatic rings. The van der Waals surface area contributed by atoms with Crippen LogP contribution in [0.4, 0.5) is 14.5 Å². The van der Waals surface area contributed by atoms with Crippen LogP contribution in [0.1, 0.15) is 26.7 Å². The Morgan fingerprint density at radius 1 is 1.41 bits per heavy atom. The molecule has 0 unspecified atom stereocenters. The molecule has 3 nitrogen and oxygen atoms in total. The Balaban J connectivity index is 2.57. The van der Waals surface area contributed by atoms with E-state index in [1.807, 2.05) is 0 Å². The van der Waals surface area contributed by atoms with Crippen molar-refractivity contribution in [2.45, 2.75) is 32.2 Å². The first kappa shape index (κ1) is 13.6. The standard InChI is InChI=1S/C12H16F2N2O/c1-12(2,15)6-5-11(17)16-10-4-3-8(13)7-9(10)14/h3-4,7H,5-6,15H2,1-2H3,(H,16,17). The van der Waals surface area contributed by atoms with Gasteiger partial charge in [-0.25, -0.2) is 8.78 Å². The molecule has 0 bridgehead atoms. The molecule has 1 amide bonds. The third-order valence-electron chi connectivity index (χ3n) is 2.20. The topological polar surface area (TPSA) is 55.1 Å². The molecule has 0 heterocycles. The average Bonchev–Trinajstić information content (AvgIpc) is 2.18. The van der Waals surface area contributed by atoms with E-state index in [2.05, 4.69) is 5.32 Å². The van der Waals surface area contributed by atoms with Crippen LogP contribution in [0.15, 0.2) is 18.2 Å². The van der Waals surface area contributed by atoms with Gasteiger partial charge in [0.05, 0.1) is 5.69 Å². The SMILES string of the molecule is CC(C)(N)CCC(=O)Nc1ccc(F)cc1F. The van der Waals surface area contributed by atoms with E-state index in [0.29, 0.717) is 6.42 Å². The second-order valence-corrected chi connectivity index (χ2v) is 4.66. The lowest BCUT2D eigenvalue weighted by atomic mass is 10.00. The van der Waals surface area contributed by atoms with Crippen molar-refractivity contribution in [3.63, 3.8) is 0 Å². The summed E-state index contributed by atoms with van der Waals surface area (Å²) in [6.07, 6.45) is 0.683. The van der Waals surface area contributed by atoms with Crippen LogP contribution < -0.4 is 11.1 Å². The van der Waals surface area contributed by atoms with Gasteiger partial charge in [0.15, 0.2) is 0 Å². The number of halogens is 2. The predicted octanol–water partition coefficient (Wildman–Crippen LogP) is 2.42. The Labute approximate surface area is 99.0 Å². The summed E-state index contributed by atoms with van der Waals surface area (Å²) < 4.78 is 25.8. The highest BCUT2D eigenvalue weighted by atomic mass is 19.1. The smallest absolute Gasteiger partial charge is 0.224 e. The maximum Gasteiger partial charge on any atom is 0.224 e. The van der Waals surface area contributed by atoms with Crippen molar-refractivity contribution >= 4 is 11.6 Å². The molecule has 5 heteroatoms. The van der Waals surface area contributed by atoms with Crippen LogP contribution in [0, 0.1) is 11.6 Å². The van der Waals surface area contributed by atoms with E-state index in [4.69, 9.17) is 5.73 Å². The highest BCUT2D eigenvalue weighted by Gasteiger charge is 2.14. The zero-order valence-corrected chi connectivity index (χ0v) is 9.89. The fourth-order valence-corrected chi connectivity index (χ4v) is 1.24. The number of carbonyl (C=O) groups excluding carboxylic acids is 1. The van der Waals surface area contributed by atoms with Crippen LogP contribution in [-0.2, 0) is 4.79 Å². The highest BCUT2D eigenvalue weighted by molar-refractivity contribution is 5.90. The third kappa shape index (κ3) is 4.91. The van der Waals surface area contributed by atoms with Gasteiger partial charge in [0.25, 0.3) is 0 Å². The van der Waals surface area contributed by atoms with Crippen LogP contribution in [0.25, 0.3) is 0 Å². The van der Waals surface area contributed by atoms with Gasteiger partial charge in [-0.15, -0.1) is 0 Å². The van der Waals surface area contributed by atoms with Gasteiger partial charge < -0.3 is 11.1 Å². The number of amides is 1. The number of rotatable bonds is 4. The van der Waals surface area contributed by atoms with Crippen molar-refractivity contribution in [1.82, 2.24) is 0 Å². The van der Waals surface area contributed by atoms with Gasteiger partial charge in [-0.2, -0.15) is 0 Å². The highest BCUT2D eigenvalue weighted by Crippen LogP contribution is 2.16. The lowest BCUT2D eigenvalue weighted by Crippen LogP contribution is -2.33. The summed E-state index contributed by atoms with van der Waals surface area (Å²) in [5.41, 5.74) is 5.26. The monoisotopic (exact) mass is 242 g/mol. The Hall–Kier alpha value is -1.49. The van der Waals surface area contributed by atoms with Gasteiger partial charge in [-0.05, 0) is 32.4 Å². The average molecular weight is 242 g/mol. The van der Waals surface area contributed by atoms with Crippen molar-refractivity contribution in [1.29, 1.82) is 0 Å². The molecular weight excluding hydrogens is 226 g/mol. The number of anilines is 1. The molecule has 0 saturated heterocycles. The Bertz CT molecular complexity index is 413. The minimum atomic E-state index is -0.787. The summed E-state index contributed by atoms with van der Waals surface area (Å²) in [5, 5.41) is 2.37. The largest absolute Gasteiger partial charge is 0.326 e. The summed E-state index contributed by atoms with van der Waals surface area (Å²) in [6, 6.07) is 3.00. The first-order valence-electron chi connectivity index (χ1n) is 5.32. The summed E-state index contributed by atoms with van der Waals surface area (Å²) in [4.78, 5) is 11.5. The van der Waals surface area contributed by atoms with E-state index < -0.39 is 17.2 Å². The van der Waals surface area contributed by atoms with Crippen LogP contribution in [0.3, 0.4) is 0 Å². The molecule has 1 rings (SSSR count). The minimum Gasteiger partial charge on any atom is -0.326 e. The fraction of sp³-hybridized carbons (Fsp3) is 0.417. The summed E-state index contributed by atoms with van der Waals surface area (Å²) >= 11 is 0. The van der Waals surface area contributed by atoms with E-state index >= 15 is 0 Å². The number of nitrogens with one attached hydrogen (secondary N) is 1. The van der Waals surface area contributed by atoms with Crippen LogP contribution in [0.5, 0.6) is 0 Å². The van der Waals surface area contributed by atoms with E-state index in [0.717, 1.165) is 12.1 Å². The molecule has 0 saturated carbocycles. The summed E-state index contributed by atoms with van der Waals surface area (Å²) in [5.74, 6) is -1.80. The molecule has 0 aliphatic carbocycles. The molecule has 0 fully saturated rings. The molecule has 0 spiro atoms. The number of hydrogen-bond acceptors (Lipinski definition) is 2. The fourth-order valence-electron chi connectivity index (χ4n) is 1.24. The molecule has 0 radical (unpaired) electrons. The summed E-state index contributed by atoms with van der Waals surface area (Å²) in [7, 11) is 0. The molecule has 17 heavy (non-hydrogen) atoms. The molecule has 0 aliphatic heterocycles. The van der Waals surface area contributed by atoms with Gasteiger partial charge in [0.2, 0.25) is 5.91 Å². The van der Waals surface area contributed by atoms with E-state index in [1.165, 1.54) is 6.07 Å². The molecular formula is C12H16F2N2O. The number of benzene rings is 1. The van der Waals surface area contributed by atoms with Crippen molar-refractivity contribution < 1.29 is 13.6 Å². The third-order valence-corrected chi connectivity index (χ3v) is 2.20. The van der Waals surface area contributed by atoms with Crippen LogP contribution in [0.2, 0.25) is 0 Å². The van der Waals surface area contributed by atoms with Gasteiger partial charge in [-0.3, -0.25) is 4.79 Å². The zero-order valence-electron chi connectivity index (χ0n) is 9.89. The first-order chi connectivity index (χ1) is 7.78. The second-order valence-electron chi connectivity index (χ2n) is 4.66. The first-order valence-corrected chi connectivity index (χ1v) is 5.32. The maximum atomic E-state index is 13.2. The summed E-state index contributed by atoms with van der Waals surface area (Å²) in [6.45, 7) is 3.61. The quantitative estimate of drug-likeness (QED) is 0.852. The van der Waals surface area contributed by atoms with Gasteiger partial charge in [-0.1, -0.05) is 0 Å². The van der Waals surface area contributed by atoms with Gasteiger partial charge in [0.1, 0.15) is 11.6 Å². The predicted molar refractivity (Wildman–Crippen MR) is 62.5 cm³/mol. The number of carbonyl (C=O) groups is 1. The lowest BCUT2D eigenvalue weighted by Gasteiger charge is -2.17. The van der Waals surface area contributed by atoms with Crippen LogP contribution in [-0.4, -0.2) is 11.4 Å². The normalized spacial score (nSPS) is 11.4. The minimum absolute atomic E-state index is 0.0220. The van der Waals surface area contributed by atoms with E-state index in [-0.39, 0.29) is 18.0 Å². The molecule has 0 atom stereocenters.